The molecule has 2 aromatic heterocycles. The Morgan fingerprint density at radius 1 is 1.15 bits per heavy atom. The third-order valence-corrected chi connectivity index (χ3v) is 5.49. The monoisotopic (exact) mass is 371 g/mol. The van der Waals surface area contributed by atoms with Gasteiger partial charge in [-0.25, -0.2) is 14.5 Å². The van der Waals surface area contributed by atoms with Crippen LogP contribution < -0.4 is 15.8 Å². The molecule has 3 amide bonds. The van der Waals surface area contributed by atoms with Gasteiger partial charge in [-0.15, -0.1) is 0 Å². The van der Waals surface area contributed by atoms with Crippen molar-refractivity contribution in [2.45, 2.75) is 45.3 Å². The van der Waals surface area contributed by atoms with Crippen molar-refractivity contribution in [1.29, 1.82) is 0 Å². The van der Waals surface area contributed by atoms with Gasteiger partial charge in [-0.2, -0.15) is 5.10 Å². The Labute approximate surface area is 157 Å². The second-order valence-electron chi connectivity index (χ2n) is 7.90. The van der Waals surface area contributed by atoms with Gasteiger partial charge in [0, 0.05) is 20.0 Å². The molecule has 2 aliphatic rings. The number of anilines is 1. The van der Waals surface area contributed by atoms with E-state index < -0.39 is 24.4 Å². The number of amides is 3. The Balaban J connectivity index is 1.70. The average Bonchev–Trinajstić information content (AvgIpc) is 3.01. The molecule has 0 unspecified atom stereocenters. The zero-order chi connectivity index (χ0) is 19.6. The fourth-order valence-electron chi connectivity index (χ4n) is 3.19. The molecule has 4 rings (SSSR count). The van der Waals surface area contributed by atoms with Crippen LogP contribution in [0.2, 0.25) is 0 Å². The molecular weight excluding hydrogens is 349 g/mol. The van der Waals surface area contributed by atoms with Gasteiger partial charge in [0.15, 0.2) is 11.5 Å². The van der Waals surface area contributed by atoms with Gasteiger partial charge < -0.3 is 9.31 Å². The Kier molecular flexibility index (Phi) is 3.83. The summed E-state index contributed by atoms with van der Waals surface area (Å²) in [6.07, 6.45) is 0.239. The molecule has 1 N–H and O–H groups in total. The zero-order valence-electron chi connectivity index (χ0n) is 16.1. The predicted octanol–water partition coefficient (Wildman–Crippen LogP) is 0.714. The van der Waals surface area contributed by atoms with Crippen LogP contribution in [0.25, 0.3) is 11.0 Å². The van der Waals surface area contributed by atoms with Gasteiger partial charge in [0.2, 0.25) is 5.91 Å². The summed E-state index contributed by atoms with van der Waals surface area (Å²) in [5.74, 6) is 0.197. The van der Waals surface area contributed by atoms with Gasteiger partial charge in [-0.05, 0) is 39.8 Å². The molecule has 142 valence electrons. The van der Waals surface area contributed by atoms with E-state index in [1.807, 2.05) is 39.8 Å². The molecule has 9 nitrogen and oxygen atoms in total. The number of hydrogen-bond acceptors (Lipinski definition) is 6. The van der Waals surface area contributed by atoms with Crippen LogP contribution in [-0.4, -0.2) is 51.6 Å². The van der Waals surface area contributed by atoms with E-state index in [0.29, 0.717) is 17.1 Å². The minimum Gasteiger partial charge on any atom is -0.398 e. The van der Waals surface area contributed by atoms with Crippen molar-refractivity contribution in [2.75, 3.05) is 11.4 Å². The standard InChI is InChI=1S/C17H22BN5O4/c1-16(2)17(3,4)27-18(26-16)11-7-6-10-13(19-11)22(5)21-14(10)23-9-8-12(24)20-15(23)25/h6-7H,8-9H2,1-5H3,(H,20,24,25). The molecule has 0 bridgehead atoms. The molecule has 2 aliphatic heterocycles. The molecule has 10 heteroatoms. The van der Waals surface area contributed by atoms with E-state index >= 15 is 0 Å². The highest BCUT2D eigenvalue weighted by Gasteiger charge is 2.52. The summed E-state index contributed by atoms with van der Waals surface area (Å²) >= 11 is 0. The summed E-state index contributed by atoms with van der Waals surface area (Å²) in [6.45, 7) is 8.25. The van der Waals surface area contributed by atoms with Gasteiger partial charge in [-0.1, -0.05) is 0 Å². The predicted molar refractivity (Wildman–Crippen MR) is 99.7 cm³/mol. The first-order chi connectivity index (χ1) is 12.6. The maximum Gasteiger partial charge on any atom is 0.514 e. The number of nitrogens with zero attached hydrogens (tertiary/aromatic N) is 4. The normalized spacial score (nSPS) is 21.8. The fourth-order valence-corrected chi connectivity index (χ4v) is 3.19. The van der Waals surface area contributed by atoms with Crippen LogP contribution in [-0.2, 0) is 21.2 Å². The number of imide groups is 1. The van der Waals surface area contributed by atoms with Crippen molar-refractivity contribution in [3.05, 3.63) is 12.1 Å². The second kappa shape index (κ2) is 5.77. The molecule has 0 radical (unpaired) electrons. The quantitative estimate of drug-likeness (QED) is 0.781. The van der Waals surface area contributed by atoms with E-state index in [2.05, 4.69) is 15.4 Å². The Morgan fingerprint density at radius 3 is 2.44 bits per heavy atom. The SMILES string of the molecule is Cn1nc(N2CCC(=O)NC2=O)c2ccc(B3OC(C)(C)C(C)(C)O3)nc21. The number of carbonyl (C=O) groups is 2. The van der Waals surface area contributed by atoms with E-state index in [1.54, 1.807) is 11.7 Å². The molecular formula is C17H22BN5O4. The van der Waals surface area contributed by atoms with Crippen molar-refractivity contribution in [3.8, 4) is 0 Å². The van der Waals surface area contributed by atoms with E-state index in [9.17, 15) is 9.59 Å². The molecule has 2 saturated heterocycles. The number of carbonyl (C=O) groups excluding carboxylic acids is 2. The summed E-state index contributed by atoms with van der Waals surface area (Å²) in [6, 6.07) is 3.21. The van der Waals surface area contributed by atoms with Crippen molar-refractivity contribution in [1.82, 2.24) is 20.1 Å². The average molecular weight is 371 g/mol. The first kappa shape index (κ1) is 17.9. The molecule has 4 heterocycles. The smallest absolute Gasteiger partial charge is 0.398 e. The van der Waals surface area contributed by atoms with Gasteiger partial charge >= 0.3 is 13.1 Å². The molecule has 2 fully saturated rings. The fraction of sp³-hybridized carbons (Fsp3) is 0.529. The number of urea groups is 1. The highest BCUT2D eigenvalue weighted by Crippen LogP contribution is 2.36. The summed E-state index contributed by atoms with van der Waals surface area (Å²) in [5.41, 5.74) is 0.352. The van der Waals surface area contributed by atoms with Crippen molar-refractivity contribution < 1.29 is 18.9 Å². The van der Waals surface area contributed by atoms with Crippen LogP contribution in [0.15, 0.2) is 12.1 Å². The molecule has 2 aromatic rings. The van der Waals surface area contributed by atoms with Crippen LogP contribution in [0, 0.1) is 0 Å². The number of aryl methyl sites for hydroxylation is 1. The Bertz CT molecular complexity index is 938. The lowest BCUT2D eigenvalue weighted by Gasteiger charge is -2.32. The van der Waals surface area contributed by atoms with Crippen molar-refractivity contribution in [2.24, 2.45) is 7.05 Å². The summed E-state index contributed by atoms with van der Waals surface area (Å²) < 4.78 is 13.7. The third-order valence-electron chi connectivity index (χ3n) is 5.49. The van der Waals surface area contributed by atoms with Crippen molar-refractivity contribution in [3.63, 3.8) is 0 Å². The first-order valence-corrected chi connectivity index (χ1v) is 8.90. The lowest BCUT2D eigenvalue weighted by molar-refractivity contribution is -0.120. The number of aromatic nitrogens is 3. The number of rotatable bonds is 2. The summed E-state index contributed by atoms with van der Waals surface area (Å²) in [5, 5.41) is 7.48. The molecule has 0 saturated carbocycles. The molecule has 0 aromatic carbocycles. The molecule has 0 aliphatic carbocycles. The molecule has 0 atom stereocenters. The first-order valence-electron chi connectivity index (χ1n) is 8.90. The largest absolute Gasteiger partial charge is 0.514 e. The van der Waals surface area contributed by atoms with Gasteiger partial charge in [0.25, 0.3) is 0 Å². The van der Waals surface area contributed by atoms with Crippen LogP contribution in [0.4, 0.5) is 10.6 Å². The zero-order valence-corrected chi connectivity index (χ0v) is 16.1. The highest BCUT2D eigenvalue weighted by atomic mass is 16.7. The van der Waals surface area contributed by atoms with Gasteiger partial charge in [0.05, 0.1) is 22.2 Å². The van der Waals surface area contributed by atoms with Crippen LogP contribution in [0.3, 0.4) is 0 Å². The summed E-state index contributed by atoms with van der Waals surface area (Å²) in [7, 11) is 1.19. The lowest BCUT2D eigenvalue weighted by atomic mass is 9.84. The van der Waals surface area contributed by atoms with Gasteiger partial charge in [0.1, 0.15) is 0 Å². The van der Waals surface area contributed by atoms with E-state index in [0.717, 1.165) is 5.39 Å². The van der Waals surface area contributed by atoms with Gasteiger partial charge in [-0.3, -0.25) is 15.0 Å². The second-order valence-corrected chi connectivity index (χ2v) is 7.90. The Hall–Kier alpha value is -2.46. The summed E-state index contributed by atoms with van der Waals surface area (Å²) in [4.78, 5) is 29.7. The number of pyridine rings is 1. The van der Waals surface area contributed by atoms with Crippen LogP contribution >= 0.6 is 0 Å². The maximum atomic E-state index is 12.2. The number of nitrogens with one attached hydrogen (secondary N) is 1. The van der Waals surface area contributed by atoms with E-state index in [1.165, 1.54) is 4.90 Å². The van der Waals surface area contributed by atoms with Crippen LogP contribution in [0.5, 0.6) is 0 Å². The van der Waals surface area contributed by atoms with E-state index in [4.69, 9.17) is 9.31 Å². The minimum absolute atomic E-state index is 0.239. The third kappa shape index (κ3) is 2.79. The van der Waals surface area contributed by atoms with Crippen LogP contribution in [0.1, 0.15) is 34.1 Å². The maximum absolute atomic E-state index is 12.2. The number of hydrogen-bond donors (Lipinski definition) is 1. The van der Waals surface area contributed by atoms with Crippen molar-refractivity contribution >= 4 is 41.5 Å². The lowest BCUT2D eigenvalue weighted by Crippen LogP contribution is -2.49. The topological polar surface area (TPSA) is 98.6 Å². The highest BCUT2D eigenvalue weighted by molar-refractivity contribution is 6.61. The molecule has 27 heavy (non-hydrogen) atoms. The Morgan fingerprint density at radius 2 is 1.81 bits per heavy atom. The number of fused-ring (bicyclic) bond motifs is 1. The minimum atomic E-state index is -0.575. The van der Waals surface area contributed by atoms with E-state index in [-0.39, 0.29) is 18.9 Å². The molecule has 0 spiro atoms.